The smallest absolute Gasteiger partial charge is 0.410 e. The first-order valence-corrected chi connectivity index (χ1v) is 11.0. The van der Waals surface area contributed by atoms with Gasteiger partial charge in [0.15, 0.2) is 0 Å². The maximum absolute atomic E-state index is 12.2. The lowest BCUT2D eigenvalue weighted by atomic mass is 9.74. The van der Waals surface area contributed by atoms with Gasteiger partial charge in [0.1, 0.15) is 5.60 Å². The molecule has 1 saturated heterocycles. The quantitative estimate of drug-likeness (QED) is 0.769. The zero-order valence-electron chi connectivity index (χ0n) is 16.7. The summed E-state index contributed by atoms with van der Waals surface area (Å²) in [6.07, 6.45) is 1.47. The van der Waals surface area contributed by atoms with E-state index in [9.17, 15) is 23.1 Å². The van der Waals surface area contributed by atoms with Crippen LogP contribution in [0.25, 0.3) is 0 Å². The Hall–Kier alpha value is -2.29. The van der Waals surface area contributed by atoms with Crippen molar-refractivity contribution in [2.24, 2.45) is 5.41 Å². The molecule has 0 aromatic heterocycles. The summed E-state index contributed by atoms with van der Waals surface area (Å²) in [5.74, 6) is -0.919. The second-order valence-corrected chi connectivity index (χ2v) is 10.1. The van der Waals surface area contributed by atoms with E-state index in [1.807, 2.05) is 0 Å². The summed E-state index contributed by atoms with van der Waals surface area (Å²) in [4.78, 5) is 25.8. The highest BCUT2D eigenvalue weighted by molar-refractivity contribution is 7.92. The van der Waals surface area contributed by atoms with Crippen LogP contribution in [0.2, 0.25) is 0 Å². The summed E-state index contributed by atoms with van der Waals surface area (Å²) < 4.78 is 30.6. The van der Waals surface area contributed by atoms with Gasteiger partial charge in [-0.1, -0.05) is 12.1 Å². The van der Waals surface area contributed by atoms with Crippen molar-refractivity contribution in [3.63, 3.8) is 0 Å². The molecule has 2 rings (SSSR count). The minimum atomic E-state index is -3.41. The molecule has 1 fully saturated rings. The molecule has 0 unspecified atom stereocenters. The van der Waals surface area contributed by atoms with E-state index in [1.165, 1.54) is 4.90 Å². The van der Waals surface area contributed by atoms with Crippen LogP contribution in [-0.2, 0) is 26.0 Å². The van der Waals surface area contributed by atoms with Gasteiger partial charge in [0, 0.05) is 18.8 Å². The van der Waals surface area contributed by atoms with Crippen molar-refractivity contribution in [2.75, 3.05) is 24.1 Å². The summed E-state index contributed by atoms with van der Waals surface area (Å²) in [7, 11) is -3.41. The van der Waals surface area contributed by atoms with E-state index in [4.69, 9.17) is 4.74 Å². The highest BCUT2D eigenvalue weighted by atomic mass is 32.2. The van der Waals surface area contributed by atoms with Crippen LogP contribution in [0.15, 0.2) is 24.3 Å². The molecule has 1 aliphatic heterocycles. The van der Waals surface area contributed by atoms with Gasteiger partial charge in [0.25, 0.3) is 0 Å². The molecule has 1 amide bonds. The largest absolute Gasteiger partial charge is 0.481 e. The first-order chi connectivity index (χ1) is 12.8. The van der Waals surface area contributed by atoms with Gasteiger partial charge in [0.05, 0.1) is 11.7 Å². The van der Waals surface area contributed by atoms with Crippen LogP contribution >= 0.6 is 0 Å². The van der Waals surface area contributed by atoms with Crippen LogP contribution in [0.3, 0.4) is 0 Å². The van der Waals surface area contributed by atoms with Gasteiger partial charge >= 0.3 is 12.1 Å². The molecule has 1 aliphatic rings. The molecule has 0 aliphatic carbocycles. The van der Waals surface area contributed by atoms with Crippen molar-refractivity contribution in [2.45, 2.75) is 45.6 Å². The first-order valence-electron chi connectivity index (χ1n) is 9.08. The number of ether oxygens (including phenoxy) is 1. The molecule has 0 spiro atoms. The predicted octanol–water partition coefficient (Wildman–Crippen LogP) is 2.70. The number of nitrogens with zero attached hydrogens (tertiary/aromatic N) is 1. The standard InChI is InChI=1S/C19H28N2O6S/c1-18(2,3)27-17(24)21-10-8-19(9-11-21,16(22)23)13-14-6-5-7-15(12-14)20-28(4,25)26/h5-7,12,20H,8-11,13H2,1-4H3,(H,22,23). The monoisotopic (exact) mass is 412 g/mol. The van der Waals surface area contributed by atoms with Gasteiger partial charge in [0.2, 0.25) is 10.0 Å². The minimum Gasteiger partial charge on any atom is -0.481 e. The lowest BCUT2D eigenvalue weighted by Crippen LogP contribution is -2.48. The van der Waals surface area contributed by atoms with Crippen molar-refractivity contribution in [1.82, 2.24) is 4.90 Å². The van der Waals surface area contributed by atoms with E-state index in [1.54, 1.807) is 45.0 Å². The number of sulfonamides is 1. The van der Waals surface area contributed by atoms with Crippen LogP contribution in [0, 0.1) is 5.41 Å². The number of anilines is 1. The number of rotatable bonds is 5. The topological polar surface area (TPSA) is 113 Å². The number of amides is 1. The molecule has 9 heteroatoms. The second-order valence-electron chi connectivity index (χ2n) is 8.30. The number of likely N-dealkylation sites (tertiary alicyclic amines) is 1. The van der Waals surface area contributed by atoms with Crippen molar-refractivity contribution in [3.8, 4) is 0 Å². The first kappa shape index (κ1) is 22.0. The zero-order valence-corrected chi connectivity index (χ0v) is 17.5. The van der Waals surface area contributed by atoms with E-state index in [-0.39, 0.29) is 6.42 Å². The van der Waals surface area contributed by atoms with Gasteiger partial charge in [-0.05, 0) is 57.7 Å². The Kier molecular flexibility index (Phi) is 6.27. The average Bonchev–Trinajstić information content (AvgIpc) is 2.52. The molecule has 0 saturated carbocycles. The fourth-order valence-corrected chi connectivity index (χ4v) is 3.81. The Morgan fingerprint density at radius 1 is 1.25 bits per heavy atom. The zero-order chi connectivity index (χ0) is 21.2. The molecular weight excluding hydrogens is 384 g/mol. The lowest BCUT2D eigenvalue weighted by molar-refractivity contribution is -0.152. The van der Waals surface area contributed by atoms with Crippen molar-refractivity contribution < 1.29 is 27.9 Å². The Bertz CT molecular complexity index is 836. The second kappa shape index (κ2) is 7.98. The van der Waals surface area contributed by atoms with Gasteiger partial charge in [-0.2, -0.15) is 0 Å². The van der Waals surface area contributed by atoms with Crippen LogP contribution in [0.5, 0.6) is 0 Å². The molecule has 28 heavy (non-hydrogen) atoms. The van der Waals surface area contributed by atoms with Crippen LogP contribution in [-0.4, -0.2) is 55.4 Å². The highest BCUT2D eigenvalue weighted by Crippen LogP contribution is 2.36. The van der Waals surface area contributed by atoms with Crippen molar-refractivity contribution in [3.05, 3.63) is 29.8 Å². The van der Waals surface area contributed by atoms with Crippen LogP contribution in [0.1, 0.15) is 39.2 Å². The summed E-state index contributed by atoms with van der Waals surface area (Å²) in [5, 5.41) is 9.87. The molecular formula is C19H28N2O6S. The Balaban J connectivity index is 2.12. The number of hydrogen-bond acceptors (Lipinski definition) is 5. The minimum absolute atomic E-state index is 0.254. The number of benzene rings is 1. The molecule has 156 valence electrons. The SMILES string of the molecule is CC(C)(C)OC(=O)N1CCC(Cc2cccc(NS(C)(=O)=O)c2)(C(=O)O)CC1. The molecule has 1 aromatic carbocycles. The summed E-state index contributed by atoms with van der Waals surface area (Å²) in [5.41, 5.74) is -0.498. The maximum atomic E-state index is 12.2. The maximum Gasteiger partial charge on any atom is 0.410 e. The Labute approximate surface area is 165 Å². The number of carboxylic acids is 1. The molecule has 2 N–H and O–H groups in total. The number of carboxylic acid groups (broad SMARTS) is 1. The molecule has 8 nitrogen and oxygen atoms in total. The van der Waals surface area contributed by atoms with Crippen LogP contribution < -0.4 is 4.72 Å². The number of piperidine rings is 1. The third-order valence-corrected chi connectivity index (χ3v) is 5.21. The third-order valence-electron chi connectivity index (χ3n) is 4.60. The van der Waals surface area contributed by atoms with Crippen molar-refractivity contribution >= 4 is 27.8 Å². The highest BCUT2D eigenvalue weighted by Gasteiger charge is 2.43. The van der Waals surface area contributed by atoms with E-state index < -0.39 is 33.1 Å². The van der Waals surface area contributed by atoms with Gasteiger partial charge < -0.3 is 14.7 Å². The van der Waals surface area contributed by atoms with Crippen molar-refractivity contribution in [1.29, 1.82) is 0 Å². The van der Waals surface area contributed by atoms with E-state index in [0.717, 1.165) is 11.8 Å². The summed E-state index contributed by atoms with van der Waals surface area (Å²) >= 11 is 0. The fourth-order valence-electron chi connectivity index (χ4n) is 3.26. The molecule has 0 atom stereocenters. The van der Waals surface area contributed by atoms with Crippen LogP contribution in [0.4, 0.5) is 10.5 Å². The van der Waals surface area contributed by atoms with Gasteiger partial charge in [-0.25, -0.2) is 13.2 Å². The Morgan fingerprint density at radius 2 is 1.86 bits per heavy atom. The number of hydrogen-bond donors (Lipinski definition) is 2. The van der Waals surface area contributed by atoms with E-state index in [0.29, 0.717) is 31.6 Å². The molecule has 0 radical (unpaired) electrons. The number of carbonyl (C=O) groups is 2. The fraction of sp³-hybridized carbons (Fsp3) is 0.579. The summed E-state index contributed by atoms with van der Waals surface area (Å²) in [6.45, 7) is 5.95. The molecule has 1 aromatic rings. The summed E-state index contributed by atoms with van der Waals surface area (Å²) in [6, 6.07) is 6.72. The molecule has 1 heterocycles. The average molecular weight is 413 g/mol. The number of carbonyl (C=O) groups excluding carboxylic acids is 1. The normalized spacial score (nSPS) is 17.1. The van der Waals surface area contributed by atoms with Gasteiger partial charge in [-0.3, -0.25) is 9.52 Å². The van der Waals surface area contributed by atoms with Gasteiger partial charge in [-0.15, -0.1) is 0 Å². The third kappa shape index (κ3) is 6.12. The van der Waals surface area contributed by atoms with E-state index in [2.05, 4.69) is 4.72 Å². The number of aliphatic carboxylic acids is 1. The Morgan fingerprint density at radius 3 is 2.36 bits per heavy atom. The lowest BCUT2D eigenvalue weighted by Gasteiger charge is -2.39. The number of nitrogens with one attached hydrogen (secondary N) is 1. The van der Waals surface area contributed by atoms with E-state index >= 15 is 0 Å². The molecule has 0 bridgehead atoms. The predicted molar refractivity (Wildman–Crippen MR) is 106 cm³/mol.